The minimum Gasteiger partial charge on any atom is -0.358 e. The first kappa shape index (κ1) is 35.0. The molecule has 0 saturated carbocycles. The van der Waals surface area contributed by atoms with Crippen molar-refractivity contribution in [3.05, 3.63) is 194 Å². The van der Waals surface area contributed by atoms with Crippen LogP contribution in [0.5, 0.6) is 0 Å². The second-order valence-corrected chi connectivity index (χ2v) is 14.8. The Morgan fingerprint density at radius 1 is 0.478 bits per heavy atom. The molecule has 0 nitrogen and oxygen atoms in total. The SMILES string of the molecule is [CH2-][SiH](C)C.[CH3-].[Hf+4].c1ccc2[cH-]c(Cc3cccc4ccccc34)cc2c1.c1ccc2[cH-]c(Cc3cccc4ccccc34)cc2c1. The van der Waals surface area contributed by atoms with E-state index in [0.29, 0.717) is 0 Å². The maximum Gasteiger partial charge on any atom is 4.00 e. The number of fused-ring (bicyclic) bond motifs is 4. The normalized spacial score (nSPS) is 10.5. The molecule has 0 aromatic heterocycles. The van der Waals surface area contributed by atoms with E-state index in [0.717, 1.165) is 12.8 Å². The predicted molar refractivity (Wildman–Crippen MR) is 203 cm³/mol. The zero-order valence-corrected chi connectivity index (χ0v) is 32.0. The van der Waals surface area contributed by atoms with Gasteiger partial charge in [0, 0.05) is 0 Å². The molecule has 0 heterocycles. The van der Waals surface area contributed by atoms with E-state index in [1.807, 2.05) is 0 Å². The van der Waals surface area contributed by atoms with Crippen LogP contribution in [0.4, 0.5) is 0 Å². The molecule has 0 radical (unpaired) electrons. The van der Waals surface area contributed by atoms with Crippen molar-refractivity contribution in [2.24, 2.45) is 0 Å². The molecule has 0 aliphatic carbocycles. The Hall–Kier alpha value is -3.85. The Kier molecular flexibility index (Phi) is 12.7. The van der Waals surface area contributed by atoms with E-state index in [1.54, 1.807) is 0 Å². The van der Waals surface area contributed by atoms with E-state index in [4.69, 9.17) is 0 Å². The Balaban J connectivity index is 0.000000180. The molecule has 0 aliphatic rings. The molecule has 0 bridgehead atoms. The molecule has 0 spiro atoms. The van der Waals surface area contributed by atoms with Crippen molar-refractivity contribution < 1.29 is 25.8 Å². The van der Waals surface area contributed by atoms with Crippen LogP contribution in [0.1, 0.15) is 22.3 Å². The van der Waals surface area contributed by atoms with Gasteiger partial charge in [-0.25, -0.2) is 0 Å². The van der Waals surface area contributed by atoms with Gasteiger partial charge in [0.05, 0.1) is 0 Å². The minimum atomic E-state index is -0.389. The largest absolute Gasteiger partial charge is 4.00 e. The van der Waals surface area contributed by atoms with Gasteiger partial charge in [-0.15, -0.1) is 90.0 Å². The minimum absolute atomic E-state index is 0. The van der Waals surface area contributed by atoms with Gasteiger partial charge in [0.25, 0.3) is 0 Å². The van der Waals surface area contributed by atoms with Crippen LogP contribution < -0.4 is 0 Å². The van der Waals surface area contributed by atoms with Gasteiger partial charge in [-0.2, -0.15) is 12.1 Å². The molecule has 8 rings (SSSR count). The van der Waals surface area contributed by atoms with Gasteiger partial charge in [-0.3, -0.25) is 0 Å². The Morgan fingerprint density at radius 3 is 1.20 bits per heavy atom. The van der Waals surface area contributed by atoms with E-state index in [9.17, 15) is 0 Å². The summed E-state index contributed by atoms with van der Waals surface area (Å²) in [5, 5.41) is 10.7. The molecule has 0 fully saturated rings. The molecule has 226 valence electrons. The maximum atomic E-state index is 3.78. The molecule has 46 heavy (non-hydrogen) atoms. The number of rotatable bonds is 4. The molecule has 0 saturated heterocycles. The summed E-state index contributed by atoms with van der Waals surface area (Å²) in [7, 11) is -0.389. The molecular weight excluding hydrogens is 735 g/mol. The van der Waals surface area contributed by atoms with Crippen molar-refractivity contribution >= 4 is 51.9 Å². The second-order valence-electron chi connectivity index (χ2n) is 12.0. The van der Waals surface area contributed by atoms with Crippen molar-refractivity contribution in [2.45, 2.75) is 25.9 Å². The molecule has 8 aromatic carbocycles. The molecule has 8 aromatic rings. The van der Waals surface area contributed by atoms with Gasteiger partial charge in [0.15, 0.2) is 0 Å². The van der Waals surface area contributed by atoms with Crippen molar-refractivity contribution in [1.29, 1.82) is 0 Å². The van der Waals surface area contributed by atoms with E-state index < -0.39 is 0 Å². The molecule has 0 N–H and O–H groups in total. The van der Waals surface area contributed by atoms with Crippen molar-refractivity contribution in [1.82, 2.24) is 0 Å². The monoisotopic (exact) mass is 778 g/mol. The average Bonchev–Trinajstić information content (AvgIpc) is 3.65. The first-order valence-electron chi connectivity index (χ1n) is 15.6. The van der Waals surface area contributed by atoms with Crippen LogP contribution in [0.25, 0.3) is 43.1 Å². The molecule has 0 amide bonds. The average molecular weight is 777 g/mol. The molecule has 0 atom stereocenters. The zero-order chi connectivity index (χ0) is 30.3. The third-order valence-electron chi connectivity index (χ3n) is 7.90. The van der Waals surface area contributed by atoms with Gasteiger partial charge >= 0.3 is 25.8 Å². The van der Waals surface area contributed by atoms with Gasteiger partial charge in [-0.05, 0) is 45.5 Å². The van der Waals surface area contributed by atoms with E-state index in [1.165, 1.54) is 65.3 Å². The van der Waals surface area contributed by atoms with Crippen molar-refractivity contribution in [2.75, 3.05) is 0 Å². The summed E-state index contributed by atoms with van der Waals surface area (Å²) < 4.78 is 0. The van der Waals surface area contributed by atoms with Crippen LogP contribution in [-0.2, 0) is 38.7 Å². The summed E-state index contributed by atoms with van der Waals surface area (Å²) in [6, 6.07) is 56.7. The number of benzene rings is 6. The van der Waals surface area contributed by atoms with Crippen LogP contribution in [-0.4, -0.2) is 8.80 Å². The molecular formula is C44H42HfSi. The van der Waals surface area contributed by atoms with E-state index in [2.05, 4.69) is 177 Å². The van der Waals surface area contributed by atoms with Crippen LogP contribution >= 0.6 is 0 Å². The molecule has 0 aliphatic heterocycles. The third kappa shape index (κ3) is 8.69. The maximum absolute atomic E-state index is 3.78. The summed E-state index contributed by atoms with van der Waals surface area (Å²) in [6.07, 6.45) is 1.99. The number of hydrogen-bond donors (Lipinski definition) is 0. The van der Waals surface area contributed by atoms with Crippen LogP contribution in [0.15, 0.2) is 158 Å². The van der Waals surface area contributed by atoms with E-state index in [-0.39, 0.29) is 42.1 Å². The summed E-state index contributed by atoms with van der Waals surface area (Å²) in [5.74, 6) is 0. The van der Waals surface area contributed by atoms with Crippen LogP contribution in [0.2, 0.25) is 13.1 Å². The predicted octanol–water partition coefficient (Wildman–Crippen LogP) is 11.9. The van der Waals surface area contributed by atoms with Gasteiger partial charge < -0.3 is 14.0 Å². The summed E-state index contributed by atoms with van der Waals surface area (Å²) in [5.41, 5.74) is 5.59. The third-order valence-corrected chi connectivity index (χ3v) is 7.90. The van der Waals surface area contributed by atoms with Crippen molar-refractivity contribution in [3.8, 4) is 0 Å². The van der Waals surface area contributed by atoms with Crippen molar-refractivity contribution in [3.63, 3.8) is 0 Å². The zero-order valence-electron chi connectivity index (χ0n) is 27.2. The first-order chi connectivity index (χ1) is 21.5. The first-order valence-corrected chi connectivity index (χ1v) is 18.7. The standard InChI is InChI=1S/2C20H15.C3H9Si.CH3.Hf/c2*1-2-8-18-13-15(12-17(18)7-1)14-19-10-5-9-16-6-3-4-11-20(16)19;1-4(2)3;;/h2*1-13H,14H2;4H,1H2,2-3H3;1H3;/q4*-1;+4. The fourth-order valence-electron chi connectivity index (χ4n) is 5.97. The second kappa shape index (κ2) is 16.6. The smallest absolute Gasteiger partial charge is 0.358 e. The Morgan fingerprint density at radius 2 is 0.804 bits per heavy atom. The molecule has 2 heteroatoms. The number of hydrogen-bond acceptors (Lipinski definition) is 0. The summed E-state index contributed by atoms with van der Waals surface area (Å²) in [4.78, 5) is 0. The van der Waals surface area contributed by atoms with Crippen LogP contribution in [0.3, 0.4) is 0 Å². The Bertz CT molecular complexity index is 1900. The fourth-order valence-corrected chi connectivity index (χ4v) is 5.97. The van der Waals surface area contributed by atoms with Crippen LogP contribution in [0, 0.1) is 14.0 Å². The fraction of sp³-hybridized carbons (Fsp3) is 0.0909. The van der Waals surface area contributed by atoms with Gasteiger partial charge in [0.1, 0.15) is 0 Å². The summed E-state index contributed by atoms with van der Waals surface area (Å²) in [6.45, 7) is 8.17. The summed E-state index contributed by atoms with van der Waals surface area (Å²) >= 11 is 0. The van der Waals surface area contributed by atoms with Gasteiger partial charge in [-0.1, -0.05) is 110 Å². The van der Waals surface area contributed by atoms with E-state index >= 15 is 0 Å². The topological polar surface area (TPSA) is 0 Å². The Labute approximate surface area is 295 Å². The molecule has 0 unspecified atom stereocenters. The quantitative estimate of drug-likeness (QED) is 0.123. The van der Waals surface area contributed by atoms with Gasteiger partial charge in [0.2, 0.25) is 0 Å².